The third kappa shape index (κ3) is 1.33. The molecular formula is C9H15NO2. The van der Waals surface area contributed by atoms with Crippen LogP contribution in [0, 0.1) is 5.92 Å². The predicted octanol–water partition coefficient (Wildman–Crippen LogP) is 0.992. The maximum Gasteiger partial charge on any atom is 0.320 e. The van der Waals surface area contributed by atoms with E-state index in [-0.39, 0.29) is 6.04 Å². The number of carboxylic acid groups (broad SMARTS) is 1. The molecule has 3 heteroatoms. The van der Waals surface area contributed by atoms with Crippen LogP contribution in [0.3, 0.4) is 0 Å². The van der Waals surface area contributed by atoms with E-state index in [1.165, 1.54) is 19.3 Å². The standard InChI is InChI=1S/C9H15NO2/c11-9(12)8-5-4-7(10-8)6-2-1-3-6/h6-8,10H,1-5H2,(H,11,12)/t7-,8-/m1/s1. The fraction of sp³-hybridized carbons (Fsp3) is 0.889. The average Bonchev–Trinajstić information content (AvgIpc) is 2.32. The Kier molecular flexibility index (Phi) is 2.05. The summed E-state index contributed by atoms with van der Waals surface area (Å²) in [5.74, 6) is 0.0890. The lowest BCUT2D eigenvalue weighted by Gasteiger charge is -2.31. The Morgan fingerprint density at radius 1 is 1.25 bits per heavy atom. The molecule has 1 aliphatic carbocycles. The molecule has 0 aromatic carbocycles. The van der Waals surface area contributed by atoms with Gasteiger partial charge in [-0.05, 0) is 31.6 Å². The van der Waals surface area contributed by atoms with Crippen molar-refractivity contribution in [2.75, 3.05) is 0 Å². The molecule has 68 valence electrons. The highest BCUT2D eigenvalue weighted by Gasteiger charge is 2.35. The number of aliphatic carboxylic acids is 1. The molecule has 0 bridgehead atoms. The van der Waals surface area contributed by atoms with Gasteiger partial charge in [0, 0.05) is 6.04 Å². The van der Waals surface area contributed by atoms with Gasteiger partial charge in [0.2, 0.25) is 0 Å². The summed E-state index contributed by atoms with van der Waals surface area (Å²) in [6, 6.07) is 0.232. The van der Waals surface area contributed by atoms with Gasteiger partial charge in [0.15, 0.2) is 0 Å². The summed E-state index contributed by atoms with van der Waals surface area (Å²) in [7, 11) is 0. The Morgan fingerprint density at radius 2 is 2.00 bits per heavy atom. The third-order valence-electron chi connectivity index (χ3n) is 3.20. The minimum Gasteiger partial charge on any atom is -0.480 e. The summed E-state index contributed by atoms with van der Waals surface area (Å²) < 4.78 is 0. The van der Waals surface area contributed by atoms with Crippen LogP contribution in [-0.4, -0.2) is 23.2 Å². The van der Waals surface area contributed by atoms with Crippen LogP contribution in [0.15, 0.2) is 0 Å². The largest absolute Gasteiger partial charge is 0.480 e. The summed E-state index contributed by atoms with van der Waals surface area (Å²) in [6.45, 7) is 0. The first-order chi connectivity index (χ1) is 5.77. The Hall–Kier alpha value is -0.570. The molecule has 1 saturated heterocycles. The fourth-order valence-corrected chi connectivity index (χ4v) is 2.18. The van der Waals surface area contributed by atoms with Gasteiger partial charge >= 0.3 is 5.97 Å². The van der Waals surface area contributed by atoms with E-state index in [1.54, 1.807) is 0 Å². The molecule has 2 atom stereocenters. The van der Waals surface area contributed by atoms with Crippen LogP contribution < -0.4 is 5.32 Å². The number of carboxylic acids is 1. The van der Waals surface area contributed by atoms with Crippen LogP contribution in [0.25, 0.3) is 0 Å². The zero-order chi connectivity index (χ0) is 8.55. The summed E-state index contributed by atoms with van der Waals surface area (Å²) in [4.78, 5) is 10.6. The van der Waals surface area contributed by atoms with Gasteiger partial charge in [0.05, 0.1) is 0 Å². The molecule has 3 nitrogen and oxygen atoms in total. The first kappa shape index (κ1) is 8.05. The number of hydrogen-bond donors (Lipinski definition) is 2. The monoisotopic (exact) mass is 169 g/mol. The number of rotatable bonds is 2. The molecule has 0 aromatic heterocycles. The van der Waals surface area contributed by atoms with E-state index in [0.29, 0.717) is 6.04 Å². The van der Waals surface area contributed by atoms with Crippen LogP contribution in [0.5, 0.6) is 0 Å². The lowest BCUT2D eigenvalue weighted by atomic mass is 9.79. The summed E-state index contributed by atoms with van der Waals surface area (Å²) in [5, 5.41) is 11.9. The van der Waals surface area contributed by atoms with Crippen molar-refractivity contribution in [2.24, 2.45) is 5.92 Å². The SMILES string of the molecule is O=C(O)[C@H]1CC[C@H](C2CCC2)N1. The highest BCUT2D eigenvalue weighted by Crippen LogP contribution is 2.34. The minimum absolute atomic E-state index is 0.268. The van der Waals surface area contributed by atoms with Gasteiger partial charge in [-0.25, -0.2) is 0 Å². The molecule has 12 heavy (non-hydrogen) atoms. The first-order valence-corrected chi connectivity index (χ1v) is 4.76. The van der Waals surface area contributed by atoms with Gasteiger partial charge in [-0.15, -0.1) is 0 Å². The second-order valence-corrected chi connectivity index (χ2v) is 3.93. The van der Waals surface area contributed by atoms with E-state index in [2.05, 4.69) is 5.32 Å². The zero-order valence-corrected chi connectivity index (χ0v) is 7.12. The fourth-order valence-electron chi connectivity index (χ4n) is 2.18. The topological polar surface area (TPSA) is 49.3 Å². The smallest absolute Gasteiger partial charge is 0.320 e. The maximum absolute atomic E-state index is 10.6. The Labute approximate surface area is 72.2 Å². The molecule has 1 saturated carbocycles. The molecular weight excluding hydrogens is 154 g/mol. The number of hydrogen-bond acceptors (Lipinski definition) is 2. The van der Waals surface area contributed by atoms with Crippen LogP contribution >= 0.6 is 0 Å². The van der Waals surface area contributed by atoms with Crippen LogP contribution in [0.1, 0.15) is 32.1 Å². The van der Waals surface area contributed by atoms with Crippen LogP contribution in [-0.2, 0) is 4.79 Å². The van der Waals surface area contributed by atoms with Crippen molar-refractivity contribution in [1.82, 2.24) is 5.32 Å². The van der Waals surface area contributed by atoms with E-state index in [9.17, 15) is 4.79 Å². The van der Waals surface area contributed by atoms with Crippen LogP contribution in [0.2, 0.25) is 0 Å². The normalized spacial score (nSPS) is 36.3. The van der Waals surface area contributed by atoms with Crippen molar-refractivity contribution in [3.8, 4) is 0 Å². The van der Waals surface area contributed by atoms with Gasteiger partial charge in [-0.3, -0.25) is 4.79 Å². The molecule has 0 spiro atoms. The van der Waals surface area contributed by atoms with Gasteiger partial charge in [-0.2, -0.15) is 0 Å². The minimum atomic E-state index is -0.683. The zero-order valence-electron chi connectivity index (χ0n) is 7.12. The first-order valence-electron chi connectivity index (χ1n) is 4.76. The molecule has 0 aromatic rings. The van der Waals surface area contributed by atoms with Gasteiger partial charge in [0.25, 0.3) is 0 Å². The van der Waals surface area contributed by atoms with Crippen molar-refractivity contribution in [3.05, 3.63) is 0 Å². The molecule has 0 radical (unpaired) electrons. The van der Waals surface area contributed by atoms with Crippen LogP contribution in [0.4, 0.5) is 0 Å². The summed E-state index contributed by atoms with van der Waals surface area (Å²) in [5.41, 5.74) is 0. The molecule has 2 aliphatic rings. The highest BCUT2D eigenvalue weighted by atomic mass is 16.4. The van der Waals surface area contributed by atoms with Gasteiger partial charge in [-0.1, -0.05) is 6.42 Å². The van der Waals surface area contributed by atoms with Crippen molar-refractivity contribution >= 4 is 5.97 Å². The predicted molar refractivity (Wildman–Crippen MR) is 44.9 cm³/mol. The Morgan fingerprint density at radius 3 is 2.42 bits per heavy atom. The molecule has 0 amide bonds. The van der Waals surface area contributed by atoms with E-state index in [0.717, 1.165) is 18.8 Å². The Balaban J connectivity index is 1.84. The molecule has 2 N–H and O–H groups in total. The summed E-state index contributed by atoms with van der Waals surface area (Å²) in [6.07, 6.45) is 5.80. The second-order valence-electron chi connectivity index (χ2n) is 3.93. The second kappa shape index (κ2) is 3.05. The van der Waals surface area contributed by atoms with E-state index >= 15 is 0 Å². The highest BCUT2D eigenvalue weighted by molar-refractivity contribution is 5.73. The van der Waals surface area contributed by atoms with Crippen molar-refractivity contribution in [2.45, 2.75) is 44.2 Å². The van der Waals surface area contributed by atoms with Crippen molar-refractivity contribution < 1.29 is 9.90 Å². The average molecular weight is 169 g/mol. The molecule has 1 heterocycles. The van der Waals surface area contributed by atoms with Gasteiger partial charge < -0.3 is 10.4 Å². The number of nitrogens with one attached hydrogen (secondary N) is 1. The molecule has 2 rings (SSSR count). The van der Waals surface area contributed by atoms with Crippen molar-refractivity contribution in [1.29, 1.82) is 0 Å². The molecule has 2 fully saturated rings. The Bertz CT molecular complexity index is 189. The van der Waals surface area contributed by atoms with E-state index in [4.69, 9.17) is 5.11 Å². The third-order valence-corrected chi connectivity index (χ3v) is 3.20. The lowest BCUT2D eigenvalue weighted by Crippen LogP contribution is -2.41. The number of carbonyl (C=O) groups is 1. The maximum atomic E-state index is 10.6. The van der Waals surface area contributed by atoms with E-state index < -0.39 is 5.97 Å². The quantitative estimate of drug-likeness (QED) is 0.648. The lowest BCUT2D eigenvalue weighted by molar-refractivity contribution is -0.139. The molecule has 1 aliphatic heterocycles. The van der Waals surface area contributed by atoms with Crippen molar-refractivity contribution in [3.63, 3.8) is 0 Å². The summed E-state index contributed by atoms with van der Waals surface area (Å²) >= 11 is 0. The van der Waals surface area contributed by atoms with Gasteiger partial charge in [0.1, 0.15) is 6.04 Å². The molecule has 0 unspecified atom stereocenters. The van der Waals surface area contributed by atoms with E-state index in [1.807, 2.05) is 0 Å².